The monoisotopic (exact) mass is 286 g/mol. The molecular formula is C16H18N2O3. The number of carbonyl (C=O) groups excluding carboxylic acids is 2. The van der Waals surface area contributed by atoms with Crippen LogP contribution in [0.15, 0.2) is 24.3 Å². The van der Waals surface area contributed by atoms with Gasteiger partial charge in [-0.2, -0.15) is 0 Å². The Morgan fingerprint density at radius 3 is 2.95 bits per heavy atom. The van der Waals surface area contributed by atoms with Crippen LogP contribution in [0.1, 0.15) is 22.3 Å². The van der Waals surface area contributed by atoms with E-state index in [1.807, 2.05) is 0 Å². The molecular weight excluding hydrogens is 268 g/mol. The van der Waals surface area contributed by atoms with Gasteiger partial charge in [-0.3, -0.25) is 9.59 Å². The molecule has 1 fully saturated rings. The fraction of sp³-hybridized carbons (Fsp3) is 0.375. The van der Waals surface area contributed by atoms with Gasteiger partial charge in [0.15, 0.2) is 0 Å². The highest BCUT2D eigenvalue weighted by molar-refractivity contribution is 5.97. The number of hydrogen-bond donors (Lipinski definition) is 1. The van der Waals surface area contributed by atoms with E-state index in [1.165, 1.54) is 0 Å². The van der Waals surface area contributed by atoms with Crippen LogP contribution in [0.4, 0.5) is 0 Å². The Morgan fingerprint density at radius 2 is 2.19 bits per heavy atom. The van der Waals surface area contributed by atoms with Crippen molar-refractivity contribution in [3.8, 4) is 11.8 Å². The zero-order valence-corrected chi connectivity index (χ0v) is 12.0. The first-order valence-electron chi connectivity index (χ1n) is 6.85. The first kappa shape index (κ1) is 15.1. The molecule has 0 atom stereocenters. The summed E-state index contributed by atoms with van der Waals surface area (Å²) in [6.07, 6.45) is 0.776. The average Bonchev–Trinajstić information content (AvgIpc) is 2.67. The Hall–Kier alpha value is -2.32. The second kappa shape index (κ2) is 6.91. The van der Waals surface area contributed by atoms with E-state index >= 15 is 0 Å². The summed E-state index contributed by atoms with van der Waals surface area (Å²) in [4.78, 5) is 27.6. The van der Waals surface area contributed by atoms with Crippen LogP contribution in [0.2, 0.25) is 0 Å². The number of carbonyl (C=O) groups is 2. The molecule has 2 rings (SSSR count). The molecule has 0 aliphatic carbocycles. The van der Waals surface area contributed by atoms with Crippen LogP contribution in [0, 0.1) is 11.8 Å². The van der Waals surface area contributed by atoms with Crippen LogP contribution in [0.5, 0.6) is 0 Å². The minimum atomic E-state index is -0.217. The summed E-state index contributed by atoms with van der Waals surface area (Å²) < 4.78 is 0. The Kier molecular flexibility index (Phi) is 4.96. The molecule has 0 unspecified atom stereocenters. The lowest BCUT2D eigenvalue weighted by Crippen LogP contribution is -2.38. The van der Waals surface area contributed by atoms with Gasteiger partial charge in [-0.25, -0.2) is 0 Å². The molecule has 1 aromatic carbocycles. The maximum Gasteiger partial charge on any atom is 0.254 e. The Labute approximate surface area is 124 Å². The van der Waals surface area contributed by atoms with Crippen LogP contribution < -0.4 is 0 Å². The lowest BCUT2D eigenvalue weighted by molar-refractivity contribution is -0.129. The molecule has 0 saturated carbocycles. The van der Waals surface area contributed by atoms with E-state index in [2.05, 4.69) is 11.8 Å². The van der Waals surface area contributed by atoms with Crippen molar-refractivity contribution in [2.75, 3.05) is 33.3 Å². The molecule has 5 nitrogen and oxygen atoms in total. The molecule has 2 amide bonds. The average molecular weight is 286 g/mol. The summed E-state index contributed by atoms with van der Waals surface area (Å²) in [6, 6.07) is 6.93. The third-order valence-electron chi connectivity index (χ3n) is 3.38. The van der Waals surface area contributed by atoms with Crippen LogP contribution in [0.3, 0.4) is 0 Å². The predicted octanol–water partition coefficient (Wildman–Crippen LogP) is 0.335. The number of aliphatic hydroxyl groups is 1. The Morgan fingerprint density at radius 1 is 1.38 bits per heavy atom. The van der Waals surface area contributed by atoms with Gasteiger partial charge in [0.25, 0.3) is 5.91 Å². The standard InChI is InChI=1S/C16H18N2O3/c1-17-8-4-9-18(12-15(17)20)16(21)14-7-2-5-13(11-14)6-3-10-19/h2,5,7,11,19H,4,8-10,12H2,1H3. The van der Waals surface area contributed by atoms with Crippen molar-refractivity contribution < 1.29 is 14.7 Å². The normalized spacial score (nSPS) is 15.2. The smallest absolute Gasteiger partial charge is 0.254 e. The third-order valence-corrected chi connectivity index (χ3v) is 3.38. The summed E-state index contributed by atoms with van der Waals surface area (Å²) >= 11 is 0. The molecule has 1 saturated heterocycles. The molecule has 1 aliphatic heterocycles. The lowest BCUT2D eigenvalue weighted by atomic mass is 10.1. The fourth-order valence-corrected chi connectivity index (χ4v) is 2.21. The van der Waals surface area contributed by atoms with Gasteiger partial charge in [-0.15, -0.1) is 0 Å². The molecule has 110 valence electrons. The van der Waals surface area contributed by atoms with Crippen molar-refractivity contribution in [3.63, 3.8) is 0 Å². The summed E-state index contributed by atoms with van der Waals surface area (Å²) in [5.74, 6) is 5.12. The highest BCUT2D eigenvalue weighted by atomic mass is 16.2. The number of rotatable bonds is 1. The van der Waals surface area contributed by atoms with Gasteiger partial charge in [0.2, 0.25) is 5.91 Å². The number of amides is 2. The summed E-state index contributed by atoms with van der Waals surface area (Å²) in [5, 5.41) is 8.70. The fourth-order valence-electron chi connectivity index (χ4n) is 2.21. The van der Waals surface area contributed by atoms with Gasteiger partial charge < -0.3 is 14.9 Å². The zero-order valence-electron chi connectivity index (χ0n) is 12.0. The van der Waals surface area contributed by atoms with Gasteiger partial charge in [-0.05, 0) is 24.6 Å². The number of aliphatic hydroxyl groups excluding tert-OH is 1. The van der Waals surface area contributed by atoms with Crippen LogP contribution >= 0.6 is 0 Å². The predicted molar refractivity (Wildman–Crippen MR) is 78.6 cm³/mol. The maximum absolute atomic E-state index is 12.5. The number of likely N-dealkylation sites (N-methyl/N-ethyl adjacent to an activating group) is 1. The molecule has 0 spiro atoms. The van der Waals surface area contributed by atoms with Crippen LogP contribution in [0.25, 0.3) is 0 Å². The topological polar surface area (TPSA) is 60.9 Å². The van der Waals surface area contributed by atoms with Gasteiger partial charge in [0.1, 0.15) is 13.2 Å². The largest absolute Gasteiger partial charge is 0.384 e. The molecule has 0 aromatic heterocycles. The summed E-state index contributed by atoms with van der Waals surface area (Å²) in [6.45, 7) is 1.14. The molecule has 5 heteroatoms. The second-order valence-corrected chi connectivity index (χ2v) is 4.94. The number of benzene rings is 1. The van der Waals surface area contributed by atoms with E-state index in [0.717, 1.165) is 6.42 Å². The van der Waals surface area contributed by atoms with Crippen LogP contribution in [-0.2, 0) is 4.79 Å². The zero-order chi connectivity index (χ0) is 15.2. The van der Waals surface area contributed by atoms with Gasteiger partial charge in [0.05, 0.1) is 0 Å². The van der Waals surface area contributed by atoms with E-state index in [0.29, 0.717) is 24.2 Å². The quantitative estimate of drug-likeness (QED) is 0.757. The second-order valence-electron chi connectivity index (χ2n) is 4.94. The van der Waals surface area contributed by atoms with Crippen molar-refractivity contribution >= 4 is 11.8 Å². The van der Waals surface area contributed by atoms with Crippen molar-refractivity contribution in [2.24, 2.45) is 0 Å². The maximum atomic E-state index is 12.5. The van der Waals surface area contributed by atoms with Crippen molar-refractivity contribution in [3.05, 3.63) is 35.4 Å². The van der Waals surface area contributed by atoms with E-state index in [4.69, 9.17) is 5.11 Å². The van der Waals surface area contributed by atoms with Crippen molar-refractivity contribution in [1.82, 2.24) is 9.80 Å². The molecule has 0 radical (unpaired) electrons. The highest BCUT2D eigenvalue weighted by Crippen LogP contribution is 2.11. The molecule has 21 heavy (non-hydrogen) atoms. The van der Waals surface area contributed by atoms with Crippen molar-refractivity contribution in [2.45, 2.75) is 6.42 Å². The van der Waals surface area contributed by atoms with E-state index in [9.17, 15) is 9.59 Å². The van der Waals surface area contributed by atoms with E-state index in [-0.39, 0.29) is 25.0 Å². The first-order chi connectivity index (χ1) is 10.1. The van der Waals surface area contributed by atoms with Gasteiger partial charge in [-0.1, -0.05) is 17.9 Å². The van der Waals surface area contributed by atoms with E-state index < -0.39 is 0 Å². The van der Waals surface area contributed by atoms with Crippen LogP contribution in [-0.4, -0.2) is 60.0 Å². The minimum Gasteiger partial charge on any atom is -0.384 e. The Balaban J connectivity index is 2.17. The molecule has 1 aliphatic rings. The van der Waals surface area contributed by atoms with Gasteiger partial charge >= 0.3 is 0 Å². The molecule has 0 bridgehead atoms. The molecule has 1 aromatic rings. The molecule has 1 N–H and O–H groups in total. The summed E-state index contributed by atoms with van der Waals surface area (Å²) in [5.41, 5.74) is 1.19. The van der Waals surface area contributed by atoms with E-state index in [1.54, 1.807) is 41.1 Å². The SMILES string of the molecule is CN1CCCN(C(=O)c2cccc(C#CCO)c2)CC1=O. The minimum absolute atomic E-state index is 0.0444. The van der Waals surface area contributed by atoms with Gasteiger partial charge in [0, 0.05) is 31.3 Å². The highest BCUT2D eigenvalue weighted by Gasteiger charge is 2.23. The number of nitrogens with zero attached hydrogens (tertiary/aromatic N) is 2. The third kappa shape index (κ3) is 3.83. The lowest BCUT2D eigenvalue weighted by Gasteiger charge is -2.19. The Bertz CT molecular complexity index is 601. The summed E-state index contributed by atoms with van der Waals surface area (Å²) in [7, 11) is 1.75. The van der Waals surface area contributed by atoms with Crippen molar-refractivity contribution in [1.29, 1.82) is 0 Å². The first-order valence-corrected chi connectivity index (χ1v) is 6.85. The molecule has 1 heterocycles. The number of hydrogen-bond acceptors (Lipinski definition) is 3.